The number of halogens is 2. The smallest absolute Gasteiger partial charge is 0.324 e. The highest BCUT2D eigenvalue weighted by Crippen LogP contribution is 2.25. The van der Waals surface area contributed by atoms with Gasteiger partial charge in [-0.2, -0.15) is 10.1 Å². The van der Waals surface area contributed by atoms with E-state index in [9.17, 15) is 13.6 Å². The Bertz CT molecular complexity index is 931. The maximum atomic E-state index is 13.6. The maximum absolute atomic E-state index is 13.6. The predicted molar refractivity (Wildman–Crippen MR) is 83.5 cm³/mol. The van der Waals surface area contributed by atoms with Gasteiger partial charge in [0.25, 0.3) is 0 Å². The number of carbonyl (C=O) groups is 1. The van der Waals surface area contributed by atoms with Crippen LogP contribution >= 0.6 is 0 Å². The molecule has 0 saturated heterocycles. The normalized spacial score (nSPS) is 12.1. The Labute approximate surface area is 139 Å². The van der Waals surface area contributed by atoms with Crippen molar-refractivity contribution in [3.05, 3.63) is 36.0 Å². The van der Waals surface area contributed by atoms with Crippen LogP contribution in [0.25, 0.3) is 11.0 Å². The van der Waals surface area contributed by atoms with Gasteiger partial charge < -0.3 is 15.2 Å². The SMILES string of the molecule is CC(CC(=O)O)Nc1n[nH]c2nc(Oc3ccc(F)cc3F)ncc12. The number of H-pyrrole nitrogens is 1. The fraction of sp³-hybridized carbons (Fsp3) is 0.200. The average Bonchev–Trinajstić information content (AvgIpc) is 2.91. The van der Waals surface area contributed by atoms with Crippen molar-refractivity contribution < 1.29 is 23.4 Å². The van der Waals surface area contributed by atoms with Crippen molar-refractivity contribution in [2.75, 3.05) is 5.32 Å². The molecule has 2 aromatic heterocycles. The quantitative estimate of drug-likeness (QED) is 0.627. The zero-order valence-corrected chi connectivity index (χ0v) is 13.0. The van der Waals surface area contributed by atoms with Crippen molar-refractivity contribution in [2.45, 2.75) is 19.4 Å². The lowest BCUT2D eigenvalue weighted by atomic mass is 10.2. The van der Waals surface area contributed by atoms with E-state index in [0.717, 1.165) is 12.1 Å². The third-order valence-electron chi connectivity index (χ3n) is 3.25. The minimum Gasteiger partial charge on any atom is -0.481 e. The molecule has 1 aromatic carbocycles. The highest BCUT2D eigenvalue weighted by molar-refractivity contribution is 5.86. The van der Waals surface area contributed by atoms with Crippen molar-refractivity contribution in [3.8, 4) is 11.8 Å². The minimum absolute atomic E-state index is 0.0831. The van der Waals surface area contributed by atoms with Crippen molar-refractivity contribution in [2.24, 2.45) is 0 Å². The van der Waals surface area contributed by atoms with Crippen molar-refractivity contribution in [1.29, 1.82) is 0 Å². The van der Waals surface area contributed by atoms with Crippen LogP contribution in [0.3, 0.4) is 0 Å². The van der Waals surface area contributed by atoms with Gasteiger partial charge in [0.15, 0.2) is 23.0 Å². The van der Waals surface area contributed by atoms with Gasteiger partial charge in [-0.1, -0.05) is 0 Å². The van der Waals surface area contributed by atoms with E-state index >= 15 is 0 Å². The molecule has 0 fully saturated rings. The second-order valence-electron chi connectivity index (χ2n) is 5.31. The van der Waals surface area contributed by atoms with E-state index in [1.165, 1.54) is 6.20 Å². The number of benzene rings is 1. The van der Waals surface area contributed by atoms with Crippen LogP contribution in [0.15, 0.2) is 24.4 Å². The summed E-state index contributed by atoms with van der Waals surface area (Å²) in [5.74, 6) is -2.36. The number of aromatic nitrogens is 4. The summed E-state index contributed by atoms with van der Waals surface area (Å²) in [6.07, 6.45) is 1.32. The van der Waals surface area contributed by atoms with Gasteiger partial charge in [0.2, 0.25) is 0 Å². The van der Waals surface area contributed by atoms with Gasteiger partial charge in [-0.3, -0.25) is 9.89 Å². The first-order valence-electron chi connectivity index (χ1n) is 7.24. The summed E-state index contributed by atoms with van der Waals surface area (Å²) in [5, 5.41) is 18.9. The van der Waals surface area contributed by atoms with E-state index in [0.29, 0.717) is 22.9 Å². The summed E-state index contributed by atoms with van der Waals surface area (Å²) in [6.45, 7) is 1.70. The molecule has 0 bridgehead atoms. The third-order valence-corrected chi connectivity index (χ3v) is 3.25. The Morgan fingerprint density at radius 2 is 2.24 bits per heavy atom. The topological polar surface area (TPSA) is 113 Å². The van der Waals surface area contributed by atoms with E-state index in [2.05, 4.69) is 25.5 Å². The van der Waals surface area contributed by atoms with Crippen LogP contribution in [0, 0.1) is 11.6 Å². The lowest BCUT2D eigenvalue weighted by Crippen LogP contribution is -2.19. The molecule has 0 spiro atoms. The molecule has 3 aromatic rings. The maximum Gasteiger partial charge on any atom is 0.324 e. The largest absolute Gasteiger partial charge is 0.481 e. The number of anilines is 1. The highest BCUT2D eigenvalue weighted by Gasteiger charge is 2.14. The Hall–Kier alpha value is -3.30. The number of carboxylic acid groups (broad SMARTS) is 1. The molecule has 130 valence electrons. The predicted octanol–water partition coefficient (Wildman–Crippen LogP) is 2.70. The van der Waals surface area contributed by atoms with Crippen LogP contribution in [-0.2, 0) is 4.79 Å². The van der Waals surface area contributed by atoms with Crippen LogP contribution in [0.5, 0.6) is 11.8 Å². The van der Waals surface area contributed by atoms with Gasteiger partial charge in [-0.15, -0.1) is 0 Å². The van der Waals surface area contributed by atoms with Gasteiger partial charge in [0, 0.05) is 18.3 Å². The molecule has 0 saturated carbocycles. The molecule has 1 atom stereocenters. The minimum atomic E-state index is -0.937. The fourth-order valence-corrected chi connectivity index (χ4v) is 2.16. The van der Waals surface area contributed by atoms with E-state index in [1.54, 1.807) is 6.92 Å². The van der Waals surface area contributed by atoms with E-state index in [4.69, 9.17) is 9.84 Å². The van der Waals surface area contributed by atoms with E-state index in [-0.39, 0.29) is 24.2 Å². The Balaban J connectivity index is 1.80. The summed E-state index contributed by atoms with van der Waals surface area (Å²) in [4.78, 5) is 18.7. The number of hydrogen-bond donors (Lipinski definition) is 3. The number of hydrogen-bond acceptors (Lipinski definition) is 6. The molecule has 0 radical (unpaired) electrons. The molecule has 0 amide bonds. The molecule has 0 aliphatic rings. The van der Waals surface area contributed by atoms with Gasteiger partial charge in [-0.25, -0.2) is 13.8 Å². The molecule has 8 nitrogen and oxygen atoms in total. The molecule has 0 aliphatic carbocycles. The van der Waals surface area contributed by atoms with Gasteiger partial charge >= 0.3 is 12.0 Å². The van der Waals surface area contributed by atoms with Gasteiger partial charge in [0.1, 0.15) is 5.82 Å². The third kappa shape index (κ3) is 3.79. The van der Waals surface area contributed by atoms with Crippen molar-refractivity contribution in [1.82, 2.24) is 20.2 Å². The number of rotatable bonds is 6. The summed E-state index contributed by atoms with van der Waals surface area (Å²) >= 11 is 0. The number of ether oxygens (including phenoxy) is 1. The monoisotopic (exact) mass is 349 g/mol. The standard InChI is InChI=1S/C15H13F2N5O3/c1-7(4-12(23)24)19-13-9-6-18-15(20-14(9)22-21-13)25-11-3-2-8(16)5-10(11)17/h2-3,5-7H,4H2,1H3,(H,23,24)(H2,18,19,20,21,22). The Kier molecular flexibility index (Phi) is 4.42. The first kappa shape index (κ1) is 16.6. The van der Waals surface area contributed by atoms with Crippen LogP contribution in [-0.4, -0.2) is 37.3 Å². The van der Waals surface area contributed by atoms with E-state index in [1.807, 2.05) is 0 Å². The van der Waals surface area contributed by atoms with Crippen LogP contribution in [0.2, 0.25) is 0 Å². The summed E-state index contributed by atoms with van der Waals surface area (Å²) in [6, 6.07) is 2.38. The number of nitrogens with zero attached hydrogens (tertiary/aromatic N) is 3. The summed E-state index contributed by atoms with van der Waals surface area (Å²) < 4.78 is 31.7. The average molecular weight is 349 g/mol. The molecule has 3 rings (SSSR count). The van der Waals surface area contributed by atoms with Crippen LogP contribution < -0.4 is 10.1 Å². The Morgan fingerprint density at radius 1 is 1.44 bits per heavy atom. The summed E-state index contributed by atoms with van der Waals surface area (Å²) in [5.41, 5.74) is 0.317. The Morgan fingerprint density at radius 3 is 2.96 bits per heavy atom. The second kappa shape index (κ2) is 6.67. The molecular weight excluding hydrogens is 336 g/mol. The molecule has 1 unspecified atom stereocenters. The molecule has 10 heteroatoms. The molecule has 2 heterocycles. The van der Waals surface area contributed by atoms with Crippen molar-refractivity contribution >= 4 is 22.8 Å². The molecule has 25 heavy (non-hydrogen) atoms. The van der Waals surface area contributed by atoms with Crippen molar-refractivity contribution in [3.63, 3.8) is 0 Å². The first-order valence-corrected chi connectivity index (χ1v) is 7.24. The molecule has 0 aliphatic heterocycles. The lowest BCUT2D eigenvalue weighted by molar-refractivity contribution is -0.137. The zero-order valence-electron chi connectivity index (χ0n) is 13.0. The molecular formula is C15H13F2N5O3. The zero-order chi connectivity index (χ0) is 18.0. The van der Waals surface area contributed by atoms with Crippen LogP contribution in [0.1, 0.15) is 13.3 Å². The highest BCUT2D eigenvalue weighted by atomic mass is 19.1. The fourth-order valence-electron chi connectivity index (χ4n) is 2.16. The van der Waals surface area contributed by atoms with Gasteiger partial charge in [0.05, 0.1) is 11.8 Å². The number of aromatic amines is 1. The molecule has 3 N–H and O–H groups in total. The first-order chi connectivity index (χ1) is 11.9. The number of aliphatic carboxylic acids is 1. The number of carboxylic acids is 1. The van der Waals surface area contributed by atoms with Crippen LogP contribution in [0.4, 0.5) is 14.6 Å². The second-order valence-corrected chi connectivity index (χ2v) is 5.31. The van der Waals surface area contributed by atoms with E-state index < -0.39 is 17.6 Å². The summed E-state index contributed by atoms with van der Waals surface area (Å²) in [7, 11) is 0. The van der Waals surface area contributed by atoms with Gasteiger partial charge in [-0.05, 0) is 19.1 Å². The lowest BCUT2D eigenvalue weighted by Gasteiger charge is -2.10. The number of nitrogens with one attached hydrogen (secondary N) is 2. The number of fused-ring (bicyclic) bond motifs is 1.